The van der Waals surface area contributed by atoms with E-state index in [2.05, 4.69) is 19.5 Å². The third-order valence-corrected chi connectivity index (χ3v) is 3.24. The van der Waals surface area contributed by atoms with Crippen LogP contribution in [0.3, 0.4) is 0 Å². The quantitative estimate of drug-likeness (QED) is 0.397. The molecule has 126 valence electrons. The van der Waals surface area contributed by atoms with Gasteiger partial charge in [0, 0.05) is 11.8 Å². The van der Waals surface area contributed by atoms with E-state index in [0.717, 1.165) is 21.3 Å². The zero-order valence-electron chi connectivity index (χ0n) is 13.7. The summed E-state index contributed by atoms with van der Waals surface area (Å²) in [5, 5.41) is 2.48. The van der Waals surface area contributed by atoms with Gasteiger partial charge in [0.2, 0.25) is 5.91 Å². The van der Waals surface area contributed by atoms with E-state index in [1.807, 2.05) is 0 Å². The van der Waals surface area contributed by atoms with E-state index in [9.17, 15) is 19.2 Å². The highest BCUT2D eigenvalue weighted by Crippen LogP contribution is 2.20. The second-order valence-corrected chi connectivity index (χ2v) is 5.05. The fourth-order valence-electron chi connectivity index (χ4n) is 1.82. The minimum Gasteiger partial charge on any atom is -0.468 e. The van der Waals surface area contributed by atoms with Crippen LogP contribution < -0.4 is 5.32 Å². The van der Waals surface area contributed by atoms with Crippen molar-refractivity contribution in [1.82, 2.24) is 5.32 Å². The molecule has 2 atom stereocenters. The van der Waals surface area contributed by atoms with Crippen molar-refractivity contribution in [2.75, 3.05) is 21.3 Å². The number of nitrogens with one attached hydrogen (secondary N) is 1. The van der Waals surface area contributed by atoms with Gasteiger partial charge in [-0.1, -0.05) is 20.8 Å². The average molecular weight is 317 g/mol. The minimum absolute atomic E-state index is 0.381. The van der Waals surface area contributed by atoms with Crippen molar-refractivity contribution in [3.8, 4) is 0 Å². The Bertz CT molecular complexity index is 417. The Labute approximate surface area is 129 Å². The highest BCUT2D eigenvalue weighted by Gasteiger charge is 2.42. The first-order chi connectivity index (χ1) is 10.2. The Morgan fingerprint density at radius 3 is 1.50 bits per heavy atom. The lowest BCUT2D eigenvalue weighted by molar-refractivity contribution is -0.163. The van der Waals surface area contributed by atoms with Crippen molar-refractivity contribution < 1.29 is 33.4 Å². The maximum absolute atomic E-state index is 11.9. The van der Waals surface area contributed by atoms with Gasteiger partial charge >= 0.3 is 17.9 Å². The molecule has 0 aromatic heterocycles. The fraction of sp³-hybridized carbons (Fsp3) is 0.714. The Morgan fingerprint density at radius 2 is 1.18 bits per heavy atom. The van der Waals surface area contributed by atoms with Crippen LogP contribution in [0.5, 0.6) is 0 Å². The molecule has 8 heteroatoms. The summed E-state index contributed by atoms with van der Waals surface area (Å²) in [6, 6.07) is -1.18. The maximum Gasteiger partial charge on any atom is 0.328 e. The summed E-state index contributed by atoms with van der Waals surface area (Å²) in [5.74, 6) is -5.52. The zero-order chi connectivity index (χ0) is 17.4. The van der Waals surface area contributed by atoms with Crippen molar-refractivity contribution >= 4 is 23.8 Å². The van der Waals surface area contributed by atoms with Gasteiger partial charge in [-0.2, -0.15) is 0 Å². The lowest BCUT2D eigenvalue weighted by atomic mass is 9.87. The molecule has 0 saturated heterocycles. The number of hydrogen-bond donors (Lipinski definition) is 1. The largest absolute Gasteiger partial charge is 0.468 e. The van der Waals surface area contributed by atoms with Crippen LogP contribution in [-0.4, -0.2) is 51.2 Å². The predicted molar refractivity (Wildman–Crippen MR) is 75.5 cm³/mol. The van der Waals surface area contributed by atoms with E-state index in [0.29, 0.717) is 0 Å². The summed E-state index contributed by atoms with van der Waals surface area (Å²) in [4.78, 5) is 47.3. The van der Waals surface area contributed by atoms with E-state index in [1.165, 1.54) is 6.92 Å². The smallest absolute Gasteiger partial charge is 0.328 e. The Balaban J connectivity index is 5.49. The molecule has 0 saturated carbocycles. The molecule has 0 rings (SSSR count). The standard InChI is InChI=1S/C14H23NO7/c1-7(2)11(16)15-10(14(19)22-6)8(3)9(12(17)20-4)13(18)21-5/h7-10H,1-6H3,(H,15,16)/t8-,10+/m1/s1. The van der Waals surface area contributed by atoms with Crippen LogP contribution in [0.25, 0.3) is 0 Å². The highest BCUT2D eigenvalue weighted by molar-refractivity contribution is 5.96. The lowest BCUT2D eigenvalue weighted by Gasteiger charge is -2.27. The molecule has 0 radical (unpaired) electrons. The van der Waals surface area contributed by atoms with Gasteiger partial charge in [0.25, 0.3) is 0 Å². The molecule has 0 aromatic rings. The number of rotatable bonds is 7. The molecule has 8 nitrogen and oxygen atoms in total. The molecule has 0 aliphatic rings. The van der Waals surface area contributed by atoms with Gasteiger partial charge in [0.05, 0.1) is 21.3 Å². The molecule has 0 heterocycles. The van der Waals surface area contributed by atoms with E-state index < -0.39 is 41.7 Å². The Hall–Kier alpha value is -2.12. The van der Waals surface area contributed by atoms with Crippen LogP contribution >= 0.6 is 0 Å². The van der Waals surface area contributed by atoms with E-state index in [1.54, 1.807) is 13.8 Å². The van der Waals surface area contributed by atoms with Crippen LogP contribution in [0.1, 0.15) is 20.8 Å². The SMILES string of the molecule is COC(=O)C(C(=O)OC)[C@@H](C)[C@H](NC(=O)C(C)C)C(=O)OC. The number of carbonyl (C=O) groups is 4. The summed E-state index contributed by atoms with van der Waals surface area (Å²) >= 11 is 0. The molecular formula is C14H23NO7. The van der Waals surface area contributed by atoms with Crippen LogP contribution in [0.15, 0.2) is 0 Å². The van der Waals surface area contributed by atoms with Crippen molar-refractivity contribution in [3.05, 3.63) is 0 Å². The lowest BCUT2D eigenvalue weighted by Crippen LogP contribution is -2.51. The van der Waals surface area contributed by atoms with Crippen LogP contribution in [0.2, 0.25) is 0 Å². The molecule has 1 amide bonds. The second kappa shape index (κ2) is 9.01. The molecule has 0 aliphatic carbocycles. The summed E-state index contributed by atoms with van der Waals surface area (Å²) in [5.41, 5.74) is 0. The van der Waals surface area contributed by atoms with Crippen molar-refractivity contribution in [3.63, 3.8) is 0 Å². The molecule has 0 unspecified atom stereocenters. The number of amides is 1. The number of esters is 3. The molecule has 0 spiro atoms. The van der Waals surface area contributed by atoms with E-state index in [-0.39, 0.29) is 5.92 Å². The van der Waals surface area contributed by atoms with Gasteiger partial charge < -0.3 is 19.5 Å². The zero-order valence-corrected chi connectivity index (χ0v) is 13.7. The number of carbonyl (C=O) groups excluding carboxylic acids is 4. The van der Waals surface area contributed by atoms with Gasteiger partial charge in [-0.05, 0) is 0 Å². The number of methoxy groups -OCH3 is 3. The highest BCUT2D eigenvalue weighted by atomic mass is 16.5. The van der Waals surface area contributed by atoms with Gasteiger partial charge in [-0.3, -0.25) is 14.4 Å². The van der Waals surface area contributed by atoms with Crippen molar-refractivity contribution in [1.29, 1.82) is 0 Å². The predicted octanol–water partition coefficient (Wildman–Crippen LogP) is -0.101. The van der Waals surface area contributed by atoms with Crippen LogP contribution in [0.4, 0.5) is 0 Å². The number of ether oxygens (including phenoxy) is 3. The van der Waals surface area contributed by atoms with Crippen molar-refractivity contribution in [2.24, 2.45) is 17.8 Å². The molecule has 0 aliphatic heterocycles. The van der Waals surface area contributed by atoms with Crippen LogP contribution in [-0.2, 0) is 33.4 Å². The molecular weight excluding hydrogens is 294 g/mol. The molecule has 0 fully saturated rings. The first-order valence-corrected chi connectivity index (χ1v) is 6.75. The average Bonchev–Trinajstić information content (AvgIpc) is 2.50. The Morgan fingerprint density at radius 1 is 0.773 bits per heavy atom. The normalized spacial score (nSPS) is 13.3. The molecule has 1 N–H and O–H groups in total. The summed E-state index contributed by atoms with van der Waals surface area (Å²) < 4.78 is 13.8. The minimum atomic E-state index is -1.36. The summed E-state index contributed by atoms with van der Waals surface area (Å²) in [6.45, 7) is 4.75. The van der Waals surface area contributed by atoms with E-state index >= 15 is 0 Å². The third-order valence-electron chi connectivity index (χ3n) is 3.24. The monoisotopic (exact) mass is 317 g/mol. The van der Waals surface area contributed by atoms with Crippen molar-refractivity contribution in [2.45, 2.75) is 26.8 Å². The first kappa shape index (κ1) is 19.9. The van der Waals surface area contributed by atoms with Gasteiger partial charge in [0.1, 0.15) is 6.04 Å². The summed E-state index contributed by atoms with van der Waals surface area (Å²) in [7, 11) is 3.38. The second-order valence-electron chi connectivity index (χ2n) is 5.05. The molecule has 0 aromatic carbocycles. The van der Waals surface area contributed by atoms with Gasteiger partial charge in [-0.25, -0.2) is 4.79 Å². The third kappa shape index (κ3) is 5.01. The fourth-order valence-corrected chi connectivity index (χ4v) is 1.82. The first-order valence-electron chi connectivity index (χ1n) is 6.75. The van der Waals surface area contributed by atoms with Gasteiger partial charge in [0.15, 0.2) is 5.92 Å². The molecule has 22 heavy (non-hydrogen) atoms. The molecule has 0 bridgehead atoms. The summed E-state index contributed by atoms with van der Waals surface area (Å²) in [6.07, 6.45) is 0. The maximum atomic E-state index is 11.9. The van der Waals surface area contributed by atoms with Gasteiger partial charge in [-0.15, -0.1) is 0 Å². The topological polar surface area (TPSA) is 108 Å². The van der Waals surface area contributed by atoms with Crippen LogP contribution in [0, 0.1) is 17.8 Å². The number of hydrogen-bond acceptors (Lipinski definition) is 7. The Kier molecular flexibility index (Phi) is 8.14. The van der Waals surface area contributed by atoms with E-state index in [4.69, 9.17) is 0 Å².